The maximum Gasteiger partial charge on any atom is 0.265 e. The number of rotatable bonds is 1. The van der Waals surface area contributed by atoms with Gasteiger partial charge in [0.2, 0.25) is 0 Å². The Morgan fingerprint density at radius 2 is 2.06 bits per heavy atom. The van der Waals surface area contributed by atoms with E-state index in [9.17, 15) is 4.79 Å². The zero-order valence-electron chi connectivity index (χ0n) is 10.4. The minimum Gasteiger partial charge on any atom is -0.478 e. The molecular formula is C13H16BrNO2. The van der Waals surface area contributed by atoms with Gasteiger partial charge in [-0.15, -0.1) is 0 Å². The maximum absolute atomic E-state index is 11.9. The first-order chi connectivity index (χ1) is 7.91. The molecule has 4 heteroatoms. The summed E-state index contributed by atoms with van der Waals surface area (Å²) in [5.41, 5.74) is 2.82. The van der Waals surface area contributed by atoms with Gasteiger partial charge in [-0.3, -0.25) is 4.79 Å². The van der Waals surface area contributed by atoms with Crippen molar-refractivity contribution in [3.63, 3.8) is 0 Å². The number of hydrogen-bond acceptors (Lipinski definition) is 2. The number of anilines is 1. The summed E-state index contributed by atoms with van der Waals surface area (Å²) in [5, 5.41) is 2.95. The van der Waals surface area contributed by atoms with Crippen LogP contribution in [0.1, 0.15) is 25.0 Å². The summed E-state index contributed by atoms with van der Waals surface area (Å²) in [6.45, 7) is 7.91. The fourth-order valence-electron chi connectivity index (χ4n) is 1.97. The molecule has 2 rings (SSSR count). The van der Waals surface area contributed by atoms with E-state index in [1.54, 1.807) is 0 Å². The van der Waals surface area contributed by atoms with E-state index in [1.165, 1.54) is 0 Å². The van der Waals surface area contributed by atoms with Gasteiger partial charge in [-0.25, -0.2) is 0 Å². The van der Waals surface area contributed by atoms with Gasteiger partial charge >= 0.3 is 0 Å². The first-order valence-corrected chi connectivity index (χ1v) is 6.48. The van der Waals surface area contributed by atoms with E-state index in [2.05, 4.69) is 21.2 Å². The molecule has 1 heterocycles. The van der Waals surface area contributed by atoms with Crippen molar-refractivity contribution in [1.29, 1.82) is 0 Å². The molecule has 0 aliphatic carbocycles. The number of benzene rings is 1. The molecule has 0 spiro atoms. The third-order valence-corrected chi connectivity index (χ3v) is 3.84. The number of ether oxygens (including phenoxy) is 1. The Morgan fingerprint density at radius 3 is 2.65 bits per heavy atom. The van der Waals surface area contributed by atoms with E-state index >= 15 is 0 Å². The number of aryl methyl sites for hydroxylation is 1. The van der Waals surface area contributed by atoms with Crippen molar-refractivity contribution < 1.29 is 9.53 Å². The molecule has 1 aliphatic heterocycles. The minimum absolute atomic E-state index is 0.0619. The molecule has 1 N–H and O–H groups in total. The molecule has 1 unspecified atom stereocenters. The molecule has 17 heavy (non-hydrogen) atoms. The Kier molecular flexibility index (Phi) is 3.17. The summed E-state index contributed by atoms with van der Waals surface area (Å²) in [6, 6.07) is 2.02. The van der Waals surface area contributed by atoms with Gasteiger partial charge in [0, 0.05) is 4.47 Å². The molecule has 1 aromatic rings. The molecule has 0 fully saturated rings. The van der Waals surface area contributed by atoms with Gasteiger partial charge < -0.3 is 10.1 Å². The molecule has 0 aromatic heterocycles. The van der Waals surface area contributed by atoms with E-state index in [1.807, 2.05) is 33.8 Å². The zero-order valence-corrected chi connectivity index (χ0v) is 12.0. The number of fused-ring (bicyclic) bond motifs is 1. The lowest BCUT2D eigenvalue weighted by atomic mass is 10.0. The number of nitrogens with one attached hydrogen (secondary N) is 1. The molecule has 0 radical (unpaired) electrons. The lowest BCUT2D eigenvalue weighted by molar-refractivity contribution is -0.125. The van der Waals surface area contributed by atoms with Gasteiger partial charge in [0.25, 0.3) is 5.91 Å². The summed E-state index contributed by atoms with van der Waals surface area (Å²) < 4.78 is 6.83. The lowest BCUT2D eigenvalue weighted by Gasteiger charge is -2.30. The highest BCUT2D eigenvalue weighted by Crippen LogP contribution is 2.40. The van der Waals surface area contributed by atoms with Crippen LogP contribution < -0.4 is 10.1 Å². The Bertz CT molecular complexity index is 483. The van der Waals surface area contributed by atoms with Crippen molar-refractivity contribution >= 4 is 27.5 Å². The second-order valence-electron chi connectivity index (χ2n) is 4.78. The third kappa shape index (κ3) is 2.06. The number of carbonyl (C=O) groups excluding carboxylic acids is 1. The van der Waals surface area contributed by atoms with Gasteiger partial charge in [-0.05, 0) is 37.0 Å². The van der Waals surface area contributed by atoms with E-state index in [0.29, 0.717) is 0 Å². The zero-order chi connectivity index (χ0) is 12.7. The van der Waals surface area contributed by atoms with Crippen molar-refractivity contribution in [3.05, 3.63) is 21.7 Å². The summed E-state index contributed by atoms with van der Waals surface area (Å²) in [6.07, 6.45) is -0.401. The van der Waals surface area contributed by atoms with Crippen molar-refractivity contribution in [1.82, 2.24) is 0 Å². The first-order valence-electron chi connectivity index (χ1n) is 5.69. The molecule has 1 amide bonds. The van der Waals surface area contributed by atoms with Crippen molar-refractivity contribution in [2.45, 2.75) is 33.8 Å². The number of amides is 1. The molecular weight excluding hydrogens is 282 g/mol. The maximum atomic E-state index is 11.9. The Morgan fingerprint density at radius 1 is 1.41 bits per heavy atom. The lowest BCUT2D eigenvalue weighted by Crippen LogP contribution is -2.41. The first kappa shape index (κ1) is 12.4. The van der Waals surface area contributed by atoms with Crippen LogP contribution in [0.15, 0.2) is 10.5 Å². The van der Waals surface area contributed by atoms with Gasteiger partial charge in [0.15, 0.2) is 6.10 Å². The molecule has 0 saturated heterocycles. The van der Waals surface area contributed by atoms with Gasteiger partial charge in [0.05, 0.1) is 5.69 Å². The molecule has 1 aromatic carbocycles. The Balaban J connectivity index is 2.52. The quantitative estimate of drug-likeness (QED) is 0.862. The number of hydrogen-bond donors (Lipinski definition) is 1. The Hall–Kier alpha value is -1.03. The van der Waals surface area contributed by atoms with Crippen LogP contribution in [-0.4, -0.2) is 12.0 Å². The largest absolute Gasteiger partial charge is 0.478 e. The van der Waals surface area contributed by atoms with Crippen LogP contribution in [-0.2, 0) is 4.79 Å². The van der Waals surface area contributed by atoms with Crippen molar-refractivity contribution in [2.24, 2.45) is 5.92 Å². The van der Waals surface area contributed by atoms with E-state index in [4.69, 9.17) is 4.74 Å². The molecule has 1 atom stereocenters. The van der Waals surface area contributed by atoms with Crippen LogP contribution in [0.3, 0.4) is 0 Å². The standard InChI is InChI=1S/C13H16BrNO2/c1-6(2)11-13(16)15-10-8(4)9(14)5-7(3)12(10)17-11/h5-6,11H,1-4H3,(H,15,16). The summed E-state index contributed by atoms with van der Waals surface area (Å²) in [4.78, 5) is 11.9. The summed E-state index contributed by atoms with van der Waals surface area (Å²) >= 11 is 3.48. The molecule has 3 nitrogen and oxygen atoms in total. The smallest absolute Gasteiger partial charge is 0.265 e. The second-order valence-corrected chi connectivity index (χ2v) is 5.63. The monoisotopic (exact) mass is 297 g/mol. The van der Waals surface area contributed by atoms with Crippen LogP contribution in [0.2, 0.25) is 0 Å². The van der Waals surface area contributed by atoms with E-state index in [0.717, 1.165) is 27.0 Å². The molecule has 0 saturated carbocycles. The van der Waals surface area contributed by atoms with Gasteiger partial charge in [-0.2, -0.15) is 0 Å². The highest BCUT2D eigenvalue weighted by Gasteiger charge is 2.32. The number of halogens is 1. The average molecular weight is 298 g/mol. The van der Waals surface area contributed by atoms with E-state index < -0.39 is 6.10 Å². The topological polar surface area (TPSA) is 38.3 Å². The van der Waals surface area contributed by atoms with Crippen LogP contribution in [0, 0.1) is 19.8 Å². The SMILES string of the molecule is Cc1cc(Br)c(C)c2c1OC(C(C)C)C(=O)N2. The van der Waals surface area contributed by atoms with Crippen LogP contribution >= 0.6 is 15.9 Å². The van der Waals surface area contributed by atoms with E-state index in [-0.39, 0.29) is 11.8 Å². The van der Waals surface area contributed by atoms with Crippen molar-refractivity contribution in [2.75, 3.05) is 5.32 Å². The minimum atomic E-state index is -0.401. The fraction of sp³-hybridized carbons (Fsp3) is 0.462. The van der Waals surface area contributed by atoms with Crippen LogP contribution in [0.5, 0.6) is 5.75 Å². The molecule has 1 aliphatic rings. The molecule has 0 bridgehead atoms. The van der Waals surface area contributed by atoms with Gasteiger partial charge in [0.1, 0.15) is 5.75 Å². The fourth-order valence-corrected chi connectivity index (χ4v) is 2.51. The van der Waals surface area contributed by atoms with Gasteiger partial charge in [-0.1, -0.05) is 29.8 Å². The molecule has 92 valence electrons. The van der Waals surface area contributed by atoms with Crippen LogP contribution in [0.25, 0.3) is 0 Å². The number of carbonyl (C=O) groups is 1. The predicted molar refractivity (Wildman–Crippen MR) is 71.5 cm³/mol. The summed E-state index contributed by atoms with van der Waals surface area (Å²) in [7, 11) is 0. The predicted octanol–water partition coefficient (Wildman–Crippen LogP) is 3.42. The highest BCUT2D eigenvalue weighted by atomic mass is 79.9. The third-order valence-electron chi connectivity index (χ3n) is 3.02. The van der Waals surface area contributed by atoms with Crippen molar-refractivity contribution in [3.8, 4) is 5.75 Å². The van der Waals surface area contributed by atoms with Crippen LogP contribution in [0.4, 0.5) is 5.69 Å². The average Bonchev–Trinajstić information content (AvgIpc) is 2.25. The Labute approximate surface area is 110 Å². The highest BCUT2D eigenvalue weighted by molar-refractivity contribution is 9.10. The normalized spacial score (nSPS) is 18.7. The summed E-state index contributed by atoms with van der Waals surface area (Å²) in [5.74, 6) is 0.892. The second kappa shape index (κ2) is 4.33.